The molecule has 0 fully saturated rings. The minimum absolute atomic E-state index is 0. The van der Waals surface area contributed by atoms with E-state index in [1.807, 2.05) is 54.6 Å². The first-order valence-electron chi connectivity index (χ1n) is 16.3. The predicted octanol–water partition coefficient (Wildman–Crippen LogP) is 11.4. The number of imidazole rings is 1. The summed E-state index contributed by atoms with van der Waals surface area (Å²) in [6.07, 6.45) is 4.98. The number of aromatic nitrogens is 3. The van der Waals surface area contributed by atoms with Crippen LogP contribution in [0.1, 0.15) is 5.56 Å². The number of aryl methyl sites for hydroxylation is 1. The van der Waals surface area contributed by atoms with Gasteiger partial charge in [-0.25, -0.2) is 0 Å². The molecule has 243 valence electrons. The zero-order chi connectivity index (χ0) is 33.0. The molecule has 0 aliphatic carbocycles. The number of hydrogen-bond acceptors (Lipinski definition) is 3. The Labute approximate surface area is 305 Å². The van der Waals surface area contributed by atoms with Crippen LogP contribution in [-0.4, -0.2) is 14.5 Å². The van der Waals surface area contributed by atoms with Crippen molar-refractivity contribution in [1.29, 1.82) is 0 Å². The van der Waals surface area contributed by atoms with Crippen LogP contribution in [0.5, 0.6) is 0 Å². The summed E-state index contributed by atoms with van der Waals surface area (Å²) in [4.78, 5) is 9.37. The number of para-hydroxylation sites is 3. The number of furan rings is 1. The number of pyridine rings is 1. The largest absolute Gasteiger partial charge is 0.557 e. The van der Waals surface area contributed by atoms with Gasteiger partial charge in [-0.3, -0.25) is 4.98 Å². The van der Waals surface area contributed by atoms with Gasteiger partial charge in [-0.15, -0.1) is 35.9 Å². The van der Waals surface area contributed by atoms with Gasteiger partial charge in [-0.05, 0) is 41.9 Å². The topological polar surface area (TPSA) is 43.9 Å². The van der Waals surface area contributed by atoms with Crippen molar-refractivity contribution in [2.24, 2.45) is 0 Å². The van der Waals surface area contributed by atoms with Gasteiger partial charge in [-0.1, -0.05) is 138 Å². The third kappa shape index (κ3) is 6.45. The van der Waals surface area contributed by atoms with Gasteiger partial charge in [0.25, 0.3) is 0 Å². The van der Waals surface area contributed by atoms with Gasteiger partial charge < -0.3 is 14.0 Å². The molecule has 9 rings (SSSR count). The summed E-state index contributed by atoms with van der Waals surface area (Å²) in [6, 6.07) is 58.9. The maximum Gasteiger partial charge on any atom is 0.0774 e. The van der Waals surface area contributed by atoms with Crippen LogP contribution in [-0.2, 0) is 20.1 Å². The molecule has 0 amide bonds. The van der Waals surface area contributed by atoms with Gasteiger partial charge in [0, 0.05) is 49.3 Å². The smallest absolute Gasteiger partial charge is 0.0774 e. The van der Waals surface area contributed by atoms with Gasteiger partial charge >= 0.3 is 0 Å². The van der Waals surface area contributed by atoms with Crippen LogP contribution in [0, 0.1) is 19.3 Å². The number of benzene rings is 6. The second-order valence-corrected chi connectivity index (χ2v) is 11.8. The molecule has 1 radical (unpaired) electrons. The van der Waals surface area contributed by atoms with E-state index in [4.69, 9.17) is 9.40 Å². The fourth-order valence-electron chi connectivity index (χ4n) is 6.24. The fraction of sp³-hybridized carbons (Fsp3) is 0.0222. The van der Waals surface area contributed by atoms with Crippen LogP contribution in [0.25, 0.3) is 72.6 Å². The molecule has 3 aromatic heterocycles. The monoisotopic (exact) mass is 822 g/mol. The predicted molar refractivity (Wildman–Crippen MR) is 199 cm³/mol. The average Bonchev–Trinajstić information content (AvgIpc) is 3.77. The summed E-state index contributed by atoms with van der Waals surface area (Å²) < 4.78 is 8.18. The van der Waals surface area contributed by atoms with Crippen molar-refractivity contribution in [2.45, 2.75) is 6.92 Å². The Kier molecular flexibility index (Phi) is 9.61. The molecule has 50 heavy (non-hydrogen) atoms. The van der Waals surface area contributed by atoms with Crippen molar-refractivity contribution >= 4 is 22.0 Å². The Morgan fingerprint density at radius 3 is 2.00 bits per heavy atom. The molecule has 0 bridgehead atoms. The van der Waals surface area contributed by atoms with Crippen LogP contribution in [0.3, 0.4) is 0 Å². The molecule has 0 aliphatic heterocycles. The third-order valence-electron chi connectivity index (χ3n) is 8.53. The summed E-state index contributed by atoms with van der Waals surface area (Å²) in [6.45, 7) is 2.09. The van der Waals surface area contributed by atoms with E-state index in [-0.39, 0.29) is 20.1 Å². The number of rotatable bonds is 5. The van der Waals surface area contributed by atoms with E-state index >= 15 is 0 Å². The molecule has 0 atom stereocenters. The summed E-state index contributed by atoms with van der Waals surface area (Å²) in [7, 11) is 0. The Morgan fingerprint density at radius 2 is 1.32 bits per heavy atom. The van der Waals surface area contributed by atoms with Crippen LogP contribution in [0.4, 0.5) is 0 Å². The fourth-order valence-corrected chi connectivity index (χ4v) is 6.24. The number of nitrogens with zero attached hydrogens (tertiary/aromatic N) is 3. The first-order valence-corrected chi connectivity index (χ1v) is 16.3. The SMILES string of the molecule is Cc1ccc2o[c-]c(-c3nc4ccccc4n3-c3c(-c4ccccc4)cccc3-c3ccccc3)c2c1.[Ir].[c-]1ccccc1-c1ccccn1. The van der Waals surface area contributed by atoms with E-state index in [0.29, 0.717) is 0 Å². The Bertz CT molecular complexity index is 2390. The van der Waals surface area contributed by atoms with Gasteiger partial charge in [0.2, 0.25) is 0 Å². The third-order valence-corrected chi connectivity index (χ3v) is 8.53. The van der Waals surface area contributed by atoms with Crippen LogP contribution >= 0.6 is 0 Å². The van der Waals surface area contributed by atoms with Crippen molar-refractivity contribution in [2.75, 3.05) is 0 Å². The van der Waals surface area contributed by atoms with Crippen molar-refractivity contribution < 1.29 is 24.5 Å². The van der Waals surface area contributed by atoms with Crippen molar-refractivity contribution in [3.05, 3.63) is 188 Å². The van der Waals surface area contributed by atoms with E-state index in [9.17, 15) is 0 Å². The molecule has 0 N–H and O–H groups in total. The maximum atomic E-state index is 5.90. The molecule has 5 heteroatoms. The quantitative estimate of drug-likeness (QED) is 0.162. The van der Waals surface area contributed by atoms with E-state index in [2.05, 4.69) is 138 Å². The van der Waals surface area contributed by atoms with E-state index in [1.54, 1.807) is 6.20 Å². The first kappa shape index (κ1) is 32.7. The van der Waals surface area contributed by atoms with E-state index < -0.39 is 0 Å². The minimum Gasteiger partial charge on any atom is -0.557 e. The molecule has 0 saturated carbocycles. The van der Waals surface area contributed by atoms with E-state index in [0.717, 1.165) is 72.6 Å². The second-order valence-electron chi connectivity index (χ2n) is 11.8. The average molecular weight is 822 g/mol. The van der Waals surface area contributed by atoms with Crippen LogP contribution in [0.15, 0.2) is 174 Å². The molecule has 0 saturated heterocycles. The second kappa shape index (κ2) is 14.7. The summed E-state index contributed by atoms with van der Waals surface area (Å²) >= 11 is 0. The molecule has 0 unspecified atom stereocenters. The van der Waals surface area contributed by atoms with E-state index in [1.165, 1.54) is 5.56 Å². The molecule has 9 aromatic rings. The first-order chi connectivity index (χ1) is 24.2. The molecule has 0 aliphatic rings. The Balaban J connectivity index is 0.000000255. The van der Waals surface area contributed by atoms with Crippen molar-refractivity contribution in [1.82, 2.24) is 14.5 Å². The van der Waals surface area contributed by atoms with Crippen LogP contribution < -0.4 is 0 Å². The summed E-state index contributed by atoms with van der Waals surface area (Å²) in [5.41, 5.74) is 12.5. The summed E-state index contributed by atoms with van der Waals surface area (Å²) in [5, 5.41) is 1.01. The van der Waals surface area contributed by atoms with Gasteiger partial charge in [0.05, 0.1) is 22.5 Å². The standard InChI is InChI=1S/C34H23N2O.C11H8N.Ir/c1-23-19-20-32-28(21-23)29(22-37-32)34-35-30-17-8-9-18-31(30)36(34)33-26(24-11-4-2-5-12-24)15-10-16-27(33)25-13-6-3-7-14-25;1-2-6-10(7-3-1)11-8-4-5-9-12-11;/h2-21H,1H3;1-6,8-9H;/q2*-1;. The molecule has 0 spiro atoms. The van der Waals surface area contributed by atoms with Gasteiger partial charge in [-0.2, -0.15) is 0 Å². The molecule has 3 heterocycles. The van der Waals surface area contributed by atoms with Crippen molar-refractivity contribution in [3.8, 4) is 50.6 Å². The minimum atomic E-state index is 0. The maximum absolute atomic E-state index is 5.90. The van der Waals surface area contributed by atoms with Gasteiger partial charge in [0.15, 0.2) is 0 Å². The van der Waals surface area contributed by atoms with Crippen LogP contribution in [0.2, 0.25) is 0 Å². The Hall–Kier alpha value is -5.87. The van der Waals surface area contributed by atoms with Crippen molar-refractivity contribution in [3.63, 3.8) is 0 Å². The van der Waals surface area contributed by atoms with Gasteiger partial charge in [0.1, 0.15) is 0 Å². The molecular weight excluding hydrogens is 791 g/mol. The summed E-state index contributed by atoms with van der Waals surface area (Å²) in [5.74, 6) is 0.811. The molecule has 6 aromatic carbocycles. The zero-order valence-electron chi connectivity index (χ0n) is 27.2. The number of hydrogen-bond donors (Lipinski definition) is 0. The molecular formula is C45H31IrN3O-2. The normalized spacial score (nSPS) is 10.7. The molecule has 4 nitrogen and oxygen atoms in total. The number of fused-ring (bicyclic) bond motifs is 2. The Morgan fingerprint density at radius 1 is 0.640 bits per heavy atom. The zero-order valence-corrected chi connectivity index (χ0v) is 29.6.